The Kier molecular flexibility index (Phi) is 3.67. The van der Waals surface area contributed by atoms with E-state index in [4.69, 9.17) is 10.5 Å². The van der Waals surface area contributed by atoms with Crippen molar-refractivity contribution in [2.45, 2.75) is 45.4 Å². The van der Waals surface area contributed by atoms with Crippen molar-refractivity contribution in [3.05, 3.63) is 29.8 Å². The first-order valence-electron chi connectivity index (χ1n) is 6.89. The largest absolute Gasteiger partial charge is 0.493 e. The summed E-state index contributed by atoms with van der Waals surface area (Å²) in [6.07, 6.45) is 3.38. The number of ether oxygens (including phenoxy) is 1. The van der Waals surface area contributed by atoms with Crippen LogP contribution >= 0.6 is 0 Å². The van der Waals surface area contributed by atoms with Crippen LogP contribution < -0.4 is 10.5 Å². The smallest absolute Gasteiger partial charge is 0.123 e. The predicted molar refractivity (Wildman–Crippen MR) is 76.0 cm³/mol. The zero-order valence-corrected chi connectivity index (χ0v) is 11.8. The van der Waals surface area contributed by atoms with Crippen LogP contribution in [0.1, 0.15) is 45.6 Å². The van der Waals surface area contributed by atoms with E-state index in [0.29, 0.717) is 12.0 Å². The fourth-order valence-electron chi connectivity index (χ4n) is 2.71. The molecule has 0 spiro atoms. The van der Waals surface area contributed by atoms with Crippen LogP contribution in [-0.4, -0.2) is 13.2 Å². The Morgan fingerprint density at radius 1 is 1.28 bits per heavy atom. The summed E-state index contributed by atoms with van der Waals surface area (Å²) in [4.78, 5) is 0. The number of hydrogen-bond acceptors (Lipinski definition) is 2. The summed E-state index contributed by atoms with van der Waals surface area (Å²) in [6, 6.07) is 8.38. The fourth-order valence-corrected chi connectivity index (χ4v) is 2.71. The maximum Gasteiger partial charge on any atom is 0.123 e. The summed E-state index contributed by atoms with van der Waals surface area (Å²) < 4.78 is 5.76. The summed E-state index contributed by atoms with van der Waals surface area (Å²) in [7, 11) is 0. The lowest BCUT2D eigenvalue weighted by Gasteiger charge is -2.39. The van der Waals surface area contributed by atoms with Crippen LogP contribution in [0.15, 0.2) is 24.3 Å². The molecule has 18 heavy (non-hydrogen) atoms. The minimum absolute atomic E-state index is 0.113. The Labute approximate surface area is 111 Å². The topological polar surface area (TPSA) is 35.2 Å². The highest BCUT2D eigenvalue weighted by Gasteiger charge is 2.36. The Morgan fingerprint density at radius 2 is 2.00 bits per heavy atom. The van der Waals surface area contributed by atoms with Gasteiger partial charge in [0, 0.05) is 17.5 Å². The van der Waals surface area contributed by atoms with E-state index in [9.17, 15) is 0 Å². The average molecular weight is 247 g/mol. The second kappa shape index (κ2) is 4.93. The van der Waals surface area contributed by atoms with Crippen LogP contribution in [0.2, 0.25) is 0 Å². The maximum atomic E-state index is 6.13. The minimum Gasteiger partial charge on any atom is -0.493 e. The molecule has 2 rings (SSSR count). The Balaban J connectivity index is 2.28. The van der Waals surface area contributed by atoms with Gasteiger partial charge in [0.05, 0.1) is 6.61 Å². The van der Waals surface area contributed by atoms with Crippen molar-refractivity contribution in [3.63, 3.8) is 0 Å². The zero-order chi connectivity index (χ0) is 13.2. The molecule has 1 atom stereocenters. The molecule has 0 saturated heterocycles. The molecule has 1 aliphatic rings. The van der Waals surface area contributed by atoms with E-state index in [1.54, 1.807) is 0 Å². The second-order valence-electron chi connectivity index (χ2n) is 6.64. The third kappa shape index (κ3) is 2.69. The van der Waals surface area contributed by atoms with E-state index >= 15 is 0 Å². The average Bonchev–Trinajstić information content (AvgIpc) is 2.35. The molecular formula is C16H25NO. The van der Waals surface area contributed by atoms with Crippen molar-refractivity contribution >= 4 is 0 Å². The van der Waals surface area contributed by atoms with Gasteiger partial charge in [-0.2, -0.15) is 0 Å². The normalized spacial score (nSPS) is 23.3. The first-order valence-corrected chi connectivity index (χ1v) is 6.89. The fraction of sp³-hybridized carbons (Fsp3) is 0.625. The highest BCUT2D eigenvalue weighted by atomic mass is 16.5. The van der Waals surface area contributed by atoms with Crippen LogP contribution in [0.25, 0.3) is 0 Å². The molecule has 0 bridgehead atoms. The summed E-state index contributed by atoms with van der Waals surface area (Å²) in [5.74, 6) is 1.03. The number of rotatable bonds is 3. The van der Waals surface area contributed by atoms with E-state index in [2.05, 4.69) is 39.0 Å². The molecule has 1 heterocycles. The van der Waals surface area contributed by atoms with Gasteiger partial charge in [-0.3, -0.25) is 0 Å². The molecule has 0 aliphatic carbocycles. The van der Waals surface area contributed by atoms with Crippen LogP contribution in [0.5, 0.6) is 5.75 Å². The van der Waals surface area contributed by atoms with Crippen LogP contribution in [-0.2, 0) is 5.41 Å². The Hall–Kier alpha value is -1.02. The van der Waals surface area contributed by atoms with Crippen molar-refractivity contribution in [2.75, 3.05) is 13.2 Å². The molecule has 0 saturated carbocycles. The van der Waals surface area contributed by atoms with E-state index in [1.807, 2.05) is 6.07 Å². The van der Waals surface area contributed by atoms with Crippen LogP contribution in [0.4, 0.5) is 0 Å². The third-order valence-corrected chi connectivity index (χ3v) is 4.04. The number of nitrogens with two attached hydrogens (primary N) is 1. The molecular weight excluding hydrogens is 222 g/mol. The van der Waals surface area contributed by atoms with Gasteiger partial charge in [-0.25, -0.2) is 0 Å². The molecule has 100 valence electrons. The highest BCUT2D eigenvalue weighted by molar-refractivity contribution is 5.41. The van der Waals surface area contributed by atoms with Crippen molar-refractivity contribution in [2.24, 2.45) is 11.1 Å². The number of benzene rings is 1. The first kappa shape index (κ1) is 13.4. The van der Waals surface area contributed by atoms with E-state index < -0.39 is 0 Å². The van der Waals surface area contributed by atoms with Gasteiger partial charge < -0.3 is 10.5 Å². The van der Waals surface area contributed by atoms with Crippen molar-refractivity contribution < 1.29 is 4.74 Å². The molecule has 0 radical (unpaired) electrons. The van der Waals surface area contributed by atoms with Gasteiger partial charge in [-0.15, -0.1) is 0 Å². The van der Waals surface area contributed by atoms with Crippen molar-refractivity contribution in [1.29, 1.82) is 0 Å². The lowest BCUT2D eigenvalue weighted by molar-refractivity contribution is 0.190. The number of hydrogen-bond donors (Lipinski definition) is 1. The maximum absolute atomic E-state index is 6.13. The minimum atomic E-state index is 0.113. The predicted octanol–water partition coefficient (Wildman–Crippen LogP) is 3.49. The first-order chi connectivity index (χ1) is 8.47. The molecule has 2 N–H and O–H groups in total. The second-order valence-corrected chi connectivity index (χ2v) is 6.64. The molecule has 1 aromatic rings. The molecule has 1 aliphatic heterocycles. The number of fused-ring (bicyclic) bond motifs is 1. The Bertz CT molecular complexity index is 408. The lowest BCUT2D eigenvalue weighted by atomic mass is 9.70. The summed E-state index contributed by atoms with van der Waals surface area (Å²) >= 11 is 0. The molecule has 0 amide bonds. The van der Waals surface area contributed by atoms with Gasteiger partial charge >= 0.3 is 0 Å². The van der Waals surface area contributed by atoms with Crippen LogP contribution in [0, 0.1) is 5.41 Å². The highest BCUT2D eigenvalue weighted by Crippen LogP contribution is 2.43. The molecule has 1 aromatic carbocycles. The van der Waals surface area contributed by atoms with E-state index in [-0.39, 0.29) is 5.41 Å². The van der Waals surface area contributed by atoms with Gasteiger partial charge in [0.15, 0.2) is 0 Å². The van der Waals surface area contributed by atoms with Gasteiger partial charge in [0.25, 0.3) is 0 Å². The summed E-state index contributed by atoms with van der Waals surface area (Å²) in [5.41, 5.74) is 7.90. The zero-order valence-electron chi connectivity index (χ0n) is 11.8. The van der Waals surface area contributed by atoms with Crippen molar-refractivity contribution in [3.8, 4) is 5.75 Å². The molecule has 2 nitrogen and oxygen atoms in total. The van der Waals surface area contributed by atoms with Crippen LogP contribution in [0.3, 0.4) is 0 Å². The van der Waals surface area contributed by atoms with Gasteiger partial charge in [0.2, 0.25) is 0 Å². The Morgan fingerprint density at radius 3 is 2.67 bits per heavy atom. The van der Waals surface area contributed by atoms with Gasteiger partial charge in [0.1, 0.15) is 5.75 Å². The third-order valence-electron chi connectivity index (χ3n) is 4.04. The standard InChI is InChI=1S/C16H25NO/c1-15(2,3)8-9-16(12-17)10-11-18-14-7-5-4-6-13(14)16/h4-7H,8-12,17H2,1-3H3. The van der Waals surface area contributed by atoms with Gasteiger partial charge in [-0.1, -0.05) is 39.0 Å². The monoisotopic (exact) mass is 247 g/mol. The molecule has 0 aromatic heterocycles. The molecule has 2 heteroatoms. The summed E-state index contributed by atoms with van der Waals surface area (Å²) in [5, 5.41) is 0. The SMILES string of the molecule is CC(C)(C)CCC1(CN)CCOc2ccccc21. The number of para-hydroxylation sites is 1. The lowest BCUT2D eigenvalue weighted by Crippen LogP contribution is -2.40. The van der Waals surface area contributed by atoms with E-state index in [0.717, 1.165) is 25.2 Å². The quantitative estimate of drug-likeness (QED) is 0.887. The van der Waals surface area contributed by atoms with Crippen molar-refractivity contribution in [1.82, 2.24) is 0 Å². The van der Waals surface area contributed by atoms with E-state index in [1.165, 1.54) is 12.0 Å². The molecule has 0 fully saturated rings. The summed E-state index contributed by atoms with van der Waals surface area (Å²) in [6.45, 7) is 8.38. The van der Waals surface area contributed by atoms with Gasteiger partial charge in [-0.05, 0) is 30.7 Å². The molecule has 1 unspecified atom stereocenters.